The Labute approximate surface area is 175 Å². The van der Waals surface area contributed by atoms with Crippen LogP contribution in [0.5, 0.6) is 11.5 Å². The lowest BCUT2D eigenvalue weighted by atomic mass is 9.96. The Kier molecular flexibility index (Phi) is 5.53. The van der Waals surface area contributed by atoms with Crippen molar-refractivity contribution in [3.8, 4) is 33.9 Å². The molecule has 2 N–H and O–H groups in total. The smallest absolute Gasteiger partial charge is 0.128 e. The lowest BCUT2D eigenvalue weighted by Gasteiger charge is -2.14. The maximum absolute atomic E-state index is 13.4. The number of aromatic amines is 1. The number of aromatic nitrogens is 2. The summed E-state index contributed by atoms with van der Waals surface area (Å²) in [6.45, 7) is 4.38. The largest absolute Gasteiger partial charge is 0.507 e. The minimum absolute atomic E-state index is 0.0881. The van der Waals surface area contributed by atoms with E-state index in [1.807, 2.05) is 50.2 Å². The van der Waals surface area contributed by atoms with Crippen LogP contribution in [0.4, 0.5) is 4.39 Å². The molecule has 0 aliphatic rings. The van der Waals surface area contributed by atoms with Crippen molar-refractivity contribution in [3.05, 3.63) is 89.4 Å². The first kappa shape index (κ1) is 19.7. The van der Waals surface area contributed by atoms with E-state index in [4.69, 9.17) is 4.74 Å². The van der Waals surface area contributed by atoms with Gasteiger partial charge < -0.3 is 9.84 Å². The molecule has 30 heavy (non-hydrogen) atoms. The Morgan fingerprint density at radius 3 is 2.47 bits per heavy atom. The van der Waals surface area contributed by atoms with E-state index in [-0.39, 0.29) is 11.6 Å². The summed E-state index contributed by atoms with van der Waals surface area (Å²) in [4.78, 5) is 0. The third-order valence-electron chi connectivity index (χ3n) is 5.13. The molecule has 152 valence electrons. The first-order chi connectivity index (χ1) is 14.6. The van der Waals surface area contributed by atoms with E-state index in [2.05, 4.69) is 10.2 Å². The average molecular weight is 402 g/mol. The number of nitrogens with zero attached hydrogens (tertiary/aromatic N) is 1. The van der Waals surface area contributed by atoms with Gasteiger partial charge in [-0.3, -0.25) is 5.10 Å². The van der Waals surface area contributed by atoms with Gasteiger partial charge in [-0.2, -0.15) is 5.10 Å². The van der Waals surface area contributed by atoms with Crippen LogP contribution in [0.1, 0.15) is 23.7 Å². The third-order valence-corrected chi connectivity index (χ3v) is 5.13. The first-order valence-corrected chi connectivity index (χ1v) is 9.90. The quantitative estimate of drug-likeness (QED) is 0.413. The maximum Gasteiger partial charge on any atom is 0.128 e. The minimum atomic E-state index is -0.294. The van der Waals surface area contributed by atoms with E-state index < -0.39 is 0 Å². The van der Waals surface area contributed by atoms with Crippen LogP contribution in [0.2, 0.25) is 0 Å². The fourth-order valence-corrected chi connectivity index (χ4v) is 3.54. The predicted molar refractivity (Wildman–Crippen MR) is 116 cm³/mol. The van der Waals surface area contributed by atoms with Gasteiger partial charge in [-0.1, -0.05) is 49.4 Å². The van der Waals surface area contributed by atoms with Crippen molar-refractivity contribution < 1.29 is 14.2 Å². The highest BCUT2D eigenvalue weighted by Gasteiger charge is 2.19. The second kappa shape index (κ2) is 8.41. The number of phenolic OH excluding ortho intramolecular Hbond substituents is 1. The molecule has 0 unspecified atom stereocenters. The second-order valence-electron chi connectivity index (χ2n) is 7.18. The molecule has 0 fully saturated rings. The predicted octanol–water partition coefficient (Wildman–Crippen LogP) is 6.04. The van der Waals surface area contributed by atoms with Gasteiger partial charge in [0.2, 0.25) is 0 Å². The number of benzene rings is 3. The highest BCUT2D eigenvalue weighted by molar-refractivity contribution is 5.85. The molecule has 0 atom stereocenters. The van der Waals surface area contributed by atoms with Crippen LogP contribution in [-0.2, 0) is 13.0 Å². The molecular formula is C25H23FN2O2. The Balaban J connectivity index is 1.71. The van der Waals surface area contributed by atoms with Crippen LogP contribution in [0, 0.1) is 12.7 Å². The summed E-state index contributed by atoms with van der Waals surface area (Å²) in [6, 6.07) is 19.7. The Bertz CT molecular complexity index is 1150. The van der Waals surface area contributed by atoms with Gasteiger partial charge in [0.25, 0.3) is 0 Å². The lowest BCUT2D eigenvalue weighted by Crippen LogP contribution is -1.99. The van der Waals surface area contributed by atoms with Crippen LogP contribution in [0.3, 0.4) is 0 Å². The molecule has 0 saturated heterocycles. The molecule has 3 aromatic carbocycles. The first-order valence-electron chi connectivity index (χ1n) is 9.90. The summed E-state index contributed by atoms with van der Waals surface area (Å²) in [6.07, 6.45) is 0.743. The van der Waals surface area contributed by atoms with Crippen molar-refractivity contribution >= 4 is 0 Å². The van der Waals surface area contributed by atoms with Gasteiger partial charge in [-0.05, 0) is 48.2 Å². The number of H-pyrrole nitrogens is 1. The molecule has 1 aromatic heterocycles. The van der Waals surface area contributed by atoms with E-state index in [1.54, 1.807) is 18.2 Å². The summed E-state index contributed by atoms with van der Waals surface area (Å²) in [5.74, 6) is 0.445. The van der Waals surface area contributed by atoms with E-state index in [1.165, 1.54) is 12.1 Å². The van der Waals surface area contributed by atoms with E-state index in [0.29, 0.717) is 23.6 Å². The number of nitrogens with one attached hydrogen (secondary N) is 1. The highest BCUT2D eigenvalue weighted by Crippen LogP contribution is 2.40. The third kappa shape index (κ3) is 3.92. The number of halogens is 1. The molecule has 0 radical (unpaired) electrons. The van der Waals surface area contributed by atoms with Crippen LogP contribution < -0.4 is 4.74 Å². The molecule has 0 amide bonds. The van der Waals surface area contributed by atoms with Crippen LogP contribution in [0.15, 0.2) is 66.7 Å². The zero-order valence-electron chi connectivity index (χ0n) is 16.9. The maximum atomic E-state index is 13.4. The van der Waals surface area contributed by atoms with Crippen LogP contribution >= 0.6 is 0 Å². The molecule has 0 spiro atoms. The number of hydrogen-bond acceptors (Lipinski definition) is 3. The Morgan fingerprint density at radius 1 is 1.03 bits per heavy atom. The number of phenols is 1. The van der Waals surface area contributed by atoms with Gasteiger partial charge in [-0.15, -0.1) is 0 Å². The normalized spacial score (nSPS) is 10.9. The SMILES string of the molecule is CCc1cc(-c2n[nH]c(C)c2-c2ccc(F)cc2)c(O)cc1OCc1ccccc1. The van der Waals surface area contributed by atoms with Gasteiger partial charge in [0.05, 0.1) is 0 Å². The summed E-state index contributed by atoms with van der Waals surface area (Å²) in [5, 5.41) is 18.2. The Morgan fingerprint density at radius 2 is 1.77 bits per heavy atom. The monoisotopic (exact) mass is 402 g/mol. The van der Waals surface area contributed by atoms with Crippen molar-refractivity contribution in [2.75, 3.05) is 0 Å². The van der Waals surface area contributed by atoms with Crippen molar-refractivity contribution in [2.24, 2.45) is 0 Å². The van der Waals surface area contributed by atoms with Gasteiger partial charge in [0.15, 0.2) is 0 Å². The summed E-state index contributed by atoms with van der Waals surface area (Å²) in [5.41, 5.74) is 5.79. The number of ether oxygens (including phenoxy) is 1. The fourth-order valence-electron chi connectivity index (χ4n) is 3.54. The zero-order chi connectivity index (χ0) is 21.1. The van der Waals surface area contributed by atoms with Crippen LogP contribution in [0.25, 0.3) is 22.4 Å². The number of aromatic hydroxyl groups is 1. The molecule has 4 nitrogen and oxygen atoms in total. The highest BCUT2D eigenvalue weighted by atomic mass is 19.1. The molecule has 4 aromatic rings. The average Bonchev–Trinajstić information content (AvgIpc) is 3.14. The molecular weight excluding hydrogens is 379 g/mol. The molecule has 1 heterocycles. The summed E-state index contributed by atoms with van der Waals surface area (Å²) in [7, 11) is 0. The summed E-state index contributed by atoms with van der Waals surface area (Å²) >= 11 is 0. The molecule has 0 saturated carbocycles. The van der Waals surface area contributed by atoms with Crippen LogP contribution in [-0.4, -0.2) is 15.3 Å². The lowest BCUT2D eigenvalue weighted by molar-refractivity contribution is 0.301. The van der Waals surface area contributed by atoms with E-state index in [0.717, 1.165) is 34.4 Å². The van der Waals surface area contributed by atoms with Crippen molar-refractivity contribution in [1.82, 2.24) is 10.2 Å². The Hall–Kier alpha value is -3.60. The van der Waals surface area contributed by atoms with E-state index >= 15 is 0 Å². The number of aryl methyl sites for hydroxylation is 2. The number of hydrogen-bond donors (Lipinski definition) is 2. The van der Waals surface area contributed by atoms with Gasteiger partial charge in [0, 0.05) is 22.9 Å². The van der Waals surface area contributed by atoms with Crippen molar-refractivity contribution in [1.29, 1.82) is 0 Å². The summed E-state index contributed by atoms with van der Waals surface area (Å²) < 4.78 is 19.4. The molecule has 0 bridgehead atoms. The topological polar surface area (TPSA) is 58.1 Å². The van der Waals surface area contributed by atoms with Crippen molar-refractivity contribution in [3.63, 3.8) is 0 Å². The second-order valence-corrected chi connectivity index (χ2v) is 7.18. The zero-order valence-corrected chi connectivity index (χ0v) is 16.9. The molecule has 0 aliphatic heterocycles. The van der Waals surface area contributed by atoms with Gasteiger partial charge in [-0.25, -0.2) is 4.39 Å². The molecule has 5 heteroatoms. The molecule has 4 rings (SSSR count). The fraction of sp³-hybridized carbons (Fsp3) is 0.160. The minimum Gasteiger partial charge on any atom is -0.507 e. The van der Waals surface area contributed by atoms with Crippen molar-refractivity contribution in [2.45, 2.75) is 26.9 Å². The number of rotatable bonds is 6. The molecule has 0 aliphatic carbocycles. The van der Waals surface area contributed by atoms with E-state index in [9.17, 15) is 9.50 Å². The van der Waals surface area contributed by atoms with Gasteiger partial charge in [0.1, 0.15) is 29.6 Å². The van der Waals surface area contributed by atoms with Gasteiger partial charge >= 0.3 is 0 Å². The standard InChI is InChI=1S/C25H23FN2O2/c1-3-18-13-21(22(29)14-23(18)30-15-17-7-5-4-6-8-17)25-24(16(2)27-28-25)19-9-11-20(26)12-10-19/h4-14,29H,3,15H2,1-2H3,(H,27,28).